The van der Waals surface area contributed by atoms with Crippen LogP contribution in [0.1, 0.15) is 47.6 Å². The van der Waals surface area contributed by atoms with E-state index in [2.05, 4.69) is 238 Å². The maximum Gasteiger partial charge on any atom is 0.143 e. The molecule has 0 aliphatic heterocycles. The molecule has 1 heteroatoms. The van der Waals surface area contributed by atoms with Crippen molar-refractivity contribution < 1.29 is 4.42 Å². The summed E-state index contributed by atoms with van der Waals surface area (Å²) in [7, 11) is 0. The molecule has 0 N–H and O–H groups in total. The van der Waals surface area contributed by atoms with Crippen LogP contribution in [0.4, 0.5) is 0 Å². The van der Waals surface area contributed by atoms with E-state index in [9.17, 15) is 0 Å². The van der Waals surface area contributed by atoms with Gasteiger partial charge >= 0.3 is 0 Å². The quantitative estimate of drug-likeness (QED) is 0.146. The summed E-state index contributed by atoms with van der Waals surface area (Å²) in [5.41, 5.74) is 20.5. The van der Waals surface area contributed by atoms with Crippen molar-refractivity contribution in [2.24, 2.45) is 0 Å². The molecule has 1 heterocycles. The predicted molar refractivity (Wildman–Crippen MR) is 264 cm³/mol. The molecule has 0 bridgehead atoms. The van der Waals surface area contributed by atoms with Crippen molar-refractivity contribution in [1.29, 1.82) is 0 Å². The van der Waals surface area contributed by atoms with E-state index in [-0.39, 0.29) is 11.3 Å². The maximum absolute atomic E-state index is 6.85. The lowest BCUT2D eigenvalue weighted by molar-refractivity contribution is 0.659. The highest BCUT2D eigenvalue weighted by molar-refractivity contribution is 6.18. The molecule has 1 aliphatic rings. The second-order valence-corrected chi connectivity index (χ2v) is 17.6. The fraction of sp³-hybridized carbons (Fsp3) is 0.0645. The van der Waals surface area contributed by atoms with Gasteiger partial charge in [0.2, 0.25) is 0 Å². The Hall–Kier alpha value is -7.74. The first-order chi connectivity index (χ1) is 31.0. The summed E-state index contributed by atoms with van der Waals surface area (Å²) in [4.78, 5) is 0. The van der Waals surface area contributed by atoms with Crippen LogP contribution in [0.3, 0.4) is 0 Å². The Balaban J connectivity index is 0.980. The van der Waals surface area contributed by atoms with E-state index >= 15 is 0 Å². The molecule has 1 atom stereocenters. The first-order valence-electron chi connectivity index (χ1n) is 22.0. The Labute approximate surface area is 368 Å². The summed E-state index contributed by atoms with van der Waals surface area (Å²) in [5.74, 6) is 0.0465. The number of benzene rings is 10. The molecule has 1 unspecified atom stereocenters. The highest BCUT2D eigenvalue weighted by Gasteiger charge is 2.36. The van der Waals surface area contributed by atoms with Gasteiger partial charge in [-0.2, -0.15) is 0 Å². The van der Waals surface area contributed by atoms with Gasteiger partial charge in [-0.05, 0) is 101 Å². The lowest BCUT2D eigenvalue weighted by atomic mass is 9.78. The monoisotopic (exact) mass is 804 g/mol. The minimum absolute atomic E-state index is 0.0465. The van der Waals surface area contributed by atoms with Crippen molar-refractivity contribution in [2.45, 2.75) is 25.2 Å². The number of rotatable bonds is 7. The zero-order valence-corrected chi connectivity index (χ0v) is 35.3. The van der Waals surface area contributed by atoms with Crippen LogP contribution in [-0.2, 0) is 5.41 Å². The van der Waals surface area contributed by atoms with Crippen molar-refractivity contribution in [1.82, 2.24) is 0 Å². The van der Waals surface area contributed by atoms with Gasteiger partial charge in [-0.25, -0.2) is 0 Å². The average Bonchev–Trinajstić information content (AvgIpc) is 3.84. The van der Waals surface area contributed by atoms with Crippen molar-refractivity contribution in [3.8, 4) is 55.6 Å². The lowest BCUT2D eigenvalue weighted by Crippen LogP contribution is -2.15. The summed E-state index contributed by atoms with van der Waals surface area (Å²) >= 11 is 0. The van der Waals surface area contributed by atoms with Gasteiger partial charge in [0.05, 0.1) is 0 Å². The third kappa shape index (κ3) is 6.15. The maximum atomic E-state index is 6.85. The van der Waals surface area contributed by atoms with Gasteiger partial charge in [0.15, 0.2) is 0 Å². The largest absolute Gasteiger partial charge is 0.455 e. The molecule has 1 aliphatic carbocycles. The minimum atomic E-state index is -0.0862. The van der Waals surface area contributed by atoms with Crippen molar-refractivity contribution >= 4 is 32.7 Å². The molecule has 1 nitrogen and oxygen atoms in total. The third-order valence-corrected chi connectivity index (χ3v) is 13.6. The topological polar surface area (TPSA) is 13.1 Å². The van der Waals surface area contributed by atoms with Crippen LogP contribution in [0.2, 0.25) is 0 Å². The van der Waals surface area contributed by atoms with E-state index in [1.807, 2.05) is 0 Å². The summed E-state index contributed by atoms with van der Waals surface area (Å²) in [6.07, 6.45) is 0. The van der Waals surface area contributed by atoms with Crippen LogP contribution in [-0.4, -0.2) is 0 Å². The van der Waals surface area contributed by atoms with E-state index in [0.717, 1.165) is 44.0 Å². The molecule has 0 fully saturated rings. The predicted octanol–water partition coefficient (Wildman–Crippen LogP) is 16.9. The van der Waals surface area contributed by atoms with Gasteiger partial charge in [-0.3, -0.25) is 0 Å². The molecule has 10 aromatic carbocycles. The van der Waals surface area contributed by atoms with Crippen molar-refractivity contribution in [3.63, 3.8) is 0 Å². The second-order valence-electron chi connectivity index (χ2n) is 17.6. The molecule has 1 aromatic heterocycles. The van der Waals surface area contributed by atoms with Gasteiger partial charge in [0, 0.05) is 33.1 Å². The van der Waals surface area contributed by atoms with E-state index in [4.69, 9.17) is 4.42 Å². The molecule has 11 aromatic rings. The van der Waals surface area contributed by atoms with Crippen LogP contribution in [0, 0.1) is 0 Å². The zero-order valence-electron chi connectivity index (χ0n) is 35.3. The van der Waals surface area contributed by atoms with Crippen molar-refractivity contribution in [3.05, 3.63) is 252 Å². The summed E-state index contributed by atoms with van der Waals surface area (Å²) in [5, 5.41) is 4.56. The zero-order chi connectivity index (χ0) is 42.1. The van der Waals surface area contributed by atoms with Crippen LogP contribution in [0.5, 0.6) is 0 Å². The molecular formula is C62H44O. The SMILES string of the molecule is CC1(C)c2ccccc2-c2ccc(C(c3ccc(-c4ccccc4)cc3)c3ccc(-c4ccccc4-c4cc(-c5ccccc5)c5oc6c7ccccc7ccc6c5c4)cc3)cc21. The third-order valence-electron chi connectivity index (χ3n) is 13.6. The molecule has 0 spiro atoms. The van der Waals surface area contributed by atoms with Crippen LogP contribution in [0.15, 0.2) is 229 Å². The van der Waals surface area contributed by atoms with E-state index in [1.165, 1.54) is 72.1 Å². The molecule has 298 valence electrons. The number of hydrogen-bond acceptors (Lipinski definition) is 1. The second kappa shape index (κ2) is 14.7. The average molecular weight is 805 g/mol. The summed E-state index contributed by atoms with van der Waals surface area (Å²) in [6, 6.07) is 82.4. The fourth-order valence-electron chi connectivity index (χ4n) is 10.4. The first-order valence-corrected chi connectivity index (χ1v) is 22.0. The summed E-state index contributed by atoms with van der Waals surface area (Å²) in [6.45, 7) is 4.74. The molecule has 0 radical (unpaired) electrons. The Kier molecular flexibility index (Phi) is 8.66. The van der Waals surface area contributed by atoms with E-state index < -0.39 is 0 Å². The van der Waals surface area contributed by atoms with Gasteiger partial charge in [-0.15, -0.1) is 0 Å². The van der Waals surface area contributed by atoms with Crippen molar-refractivity contribution in [2.75, 3.05) is 0 Å². The number of hydrogen-bond donors (Lipinski definition) is 0. The Bertz CT molecular complexity index is 3500. The molecular weight excluding hydrogens is 761 g/mol. The molecule has 0 amide bonds. The minimum Gasteiger partial charge on any atom is -0.455 e. The first kappa shape index (κ1) is 37.1. The fourth-order valence-corrected chi connectivity index (χ4v) is 10.4. The normalized spacial score (nSPS) is 13.3. The molecule has 0 saturated carbocycles. The van der Waals surface area contributed by atoms with Crippen LogP contribution in [0.25, 0.3) is 88.3 Å². The highest BCUT2D eigenvalue weighted by atomic mass is 16.3. The number of fused-ring (bicyclic) bond motifs is 8. The molecule has 63 heavy (non-hydrogen) atoms. The molecule has 0 saturated heterocycles. The van der Waals surface area contributed by atoms with Gasteiger partial charge < -0.3 is 4.42 Å². The van der Waals surface area contributed by atoms with Gasteiger partial charge in [0.1, 0.15) is 11.2 Å². The Morgan fingerprint density at radius 3 is 1.59 bits per heavy atom. The van der Waals surface area contributed by atoms with E-state index in [1.54, 1.807) is 0 Å². The van der Waals surface area contributed by atoms with Crippen LogP contribution < -0.4 is 0 Å². The summed E-state index contributed by atoms with van der Waals surface area (Å²) < 4.78 is 6.85. The smallest absolute Gasteiger partial charge is 0.143 e. The molecule has 12 rings (SSSR count). The van der Waals surface area contributed by atoms with Gasteiger partial charge in [0.25, 0.3) is 0 Å². The Morgan fingerprint density at radius 2 is 0.857 bits per heavy atom. The van der Waals surface area contributed by atoms with E-state index in [0.29, 0.717) is 0 Å². The lowest BCUT2D eigenvalue weighted by Gasteiger charge is -2.25. The van der Waals surface area contributed by atoms with Gasteiger partial charge in [-0.1, -0.05) is 220 Å². The highest BCUT2D eigenvalue weighted by Crippen LogP contribution is 2.50. The van der Waals surface area contributed by atoms with Crippen LogP contribution >= 0.6 is 0 Å². The Morgan fingerprint density at radius 1 is 0.317 bits per heavy atom. The number of furan rings is 1. The standard InChI is InChI=1S/C62H44O/c1-62(2)57-24-14-13-23-52(57)53-35-34-47(39-58(53)62)59(45-29-25-41(26-30-45)40-15-5-3-6-16-40)46-31-27-44(28-32-46)49-20-11-12-21-50(49)48-37-55(42-17-7-4-8-18-42)61-56(38-48)54-36-33-43-19-9-10-22-51(43)60(54)63-61/h3-39,59H,1-2H3.